The molecule has 4 rings (SSSR count). The first-order valence-corrected chi connectivity index (χ1v) is 11.4. The van der Waals surface area contributed by atoms with Gasteiger partial charge in [0.25, 0.3) is 0 Å². The number of carbonyl (C=O) groups is 1. The first kappa shape index (κ1) is 24.3. The fourth-order valence-corrected chi connectivity index (χ4v) is 3.91. The number of nitrogens with one attached hydrogen (secondary N) is 1. The summed E-state index contributed by atoms with van der Waals surface area (Å²) in [6.07, 6.45) is 3.03. The average molecular weight is 488 g/mol. The molecule has 4 N–H and O–H groups in total. The van der Waals surface area contributed by atoms with Crippen LogP contribution >= 0.6 is 11.6 Å². The molecule has 0 aliphatic rings. The SMILES string of the molecule is COC(=O)/C=C/c1ccc(C(=Nc2ccc(C(C)(C)N)cc2)c2c(O)[nH]c3cc(Cl)ccc23)cc1. The number of H-pyrrole nitrogens is 1. The monoisotopic (exact) mass is 487 g/mol. The molecule has 0 saturated heterocycles. The van der Waals surface area contributed by atoms with Gasteiger partial charge in [0, 0.05) is 27.6 Å². The van der Waals surface area contributed by atoms with Crippen LogP contribution in [0.25, 0.3) is 17.0 Å². The molecule has 0 bridgehead atoms. The third kappa shape index (κ3) is 5.45. The van der Waals surface area contributed by atoms with Gasteiger partial charge in [0.15, 0.2) is 5.88 Å². The van der Waals surface area contributed by atoms with Crippen LogP contribution in [0.2, 0.25) is 5.02 Å². The minimum Gasteiger partial charge on any atom is -0.494 e. The molecule has 178 valence electrons. The molecule has 3 aromatic carbocycles. The summed E-state index contributed by atoms with van der Waals surface area (Å²) in [5.74, 6) is -0.432. The van der Waals surface area contributed by atoms with Gasteiger partial charge in [-0.1, -0.05) is 54.1 Å². The van der Waals surface area contributed by atoms with E-state index < -0.39 is 11.5 Å². The zero-order valence-corrected chi connectivity index (χ0v) is 20.4. The summed E-state index contributed by atoms with van der Waals surface area (Å²) in [4.78, 5) is 19.3. The Morgan fingerprint density at radius 2 is 1.77 bits per heavy atom. The first-order valence-electron chi connectivity index (χ1n) is 11.0. The molecule has 0 saturated carbocycles. The maximum absolute atomic E-state index is 11.4. The van der Waals surface area contributed by atoms with Crippen LogP contribution in [0.15, 0.2) is 77.8 Å². The number of hydrogen-bond acceptors (Lipinski definition) is 5. The molecule has 1 aromatic heterocycles. The van der Waals surface area contributed by atoms with E-state index in [9.17, 15) is 9.90 Å². The van der Waals surface area contributed by atoms with Crippen molar-refractivity contribution >= 4 is 45.9 Å². The highest BCUT2D eigenvalue weighted by Gasteiger charge is 2.19. The van der Waals surface area contributed by atoms with Crippen molar-refractivity contribution in [3.63, 3.8) is 0 Å². The lowest BCUT2D eigenvalue weighted by Gasteiger charge is -2.19. The second kappa shape index (κ2) is 9.78. The van der Waals surface area contributed by atoms with Gasteiger partial charge in [-0.15, -0.1) is 0 Å². The number of hydrogen-bond donors (Lipinski definition) is 3. The van der Waals surface area contributed by atoms with Crippen molar-refractivity contribution in [2.24, 2.45) is 10.7 Å². The van der Waals surface area contributed by atoms with Crippen molar-refractivity contribution in [2.45, 2.75) is 19.4 Å². The van der Waals surface area contributed by atoms with E-state index in [1.807, 2.05) is 68.4 Å². The van der Waals surface area contributed by atoms with E-state index >= 15 is 0 Å². The quantitative estimate of drug-likeness (QED) is 0.174. The molecule has 0 radical (unpaired) electrons. The van der Waals surface area contributed by atoms with Crippen molar-refractivity contribution in [2.75, 3.05) is 7.11 Å². The Kier molecular flexibility index (Phi) is 6.78. The standard InChI is InChI=1S/C28H26ClN3O3/c1-28(2,30)19-9-12-21(13-10-19)31-26(18-7-4-17(5-8-18)6-15-24(33)35-3)25-22-14-11-20(29)16-23(22)32-27(25)34/h4-16,32,34H,30H2,1-3H3/b15-6+,31-26?. The molecule has 0 aliphatic carbocycles. The van der Waals surface area contributed by atoms with Crippen molar-refractivity contribution < 1.29 is 14.6 Å². The lowest BCUT2D eigenvalue weighted by molar-refractivity contribution is -0.134. The number of methoxy groups -OCH3 is 1. The Balaban J connectivity index is 1.84. The van der Waals surface area contributed by atoms with Crippen molar-refractivity contribution in [3.8, 4) is 5.88 Å². The van der Waals surface area contributed by atoms with Crippen molar-refractivity contribution in [1.82, 2.24) is 4.98 Å². The number of halogens is 1. The number of aromatic nitrogens is 1. The minimum atomic E-state index is -0.465. The Bertz CT molecular complexity index is 1430. The molecular weight excluding hydrogens is 462 g/mol. The molecule has 0 amide bonds. The van der Waals surface area contributed by atoms with E-state index in [2.05, 4.69) is 9.72 Å². The maximum atomic E-state index is 11.4. The summed E-state index contributed by atoms with van der Waals surface area (Å²) in [7, 11) is 1.33. The molecule has 4 aromatic rings. The predicted octanol–water partition coefficient (Wildman–Crippen LogP) is 6.08. The fraction of sp³-hybridized carbons (Fsp3) is 0.143. The van der Waals surface area contributed by atoms with E-state index in [4.69, 9.17) is 22.3 Å². The van der Waals surface area contributed by atoms with Crippen molar-refractivity contribution in [1.29, 1.82) is 0 Å². The van der Waals surface area contributed by atoms with Gasteiger partial charge in [0.1, 0.15) is 0 Å². The molecule has 0 aliphatic heterocycles. The van der Waals surface area contributed by atoms with E-state index in [0.29, 0.717) is 27.5 Å². The number of fused-ring (bicyclic) bond motifs is 1. The smallest absolute Gasteiger partial charge is 0.330 e. The van der Waals surface area contributed by atoms with E-state index in [1.54, 1.807) is 18.2 Å². The zero-order valence-electron chi connectivity index (χ0n) is 19.7. The largest absolute Gasteiger partial charge is 0.494 e. The van der Waals surface area contributed by atoms with Gasteiger partial charge >= 0.3 is 5.97 Å². The highest BCUT2D eigenvalue weighted by molar-refractivity contribution is 6.31. The predicted molar refractivity (Wildman–Crippen MR) is 141 cm³/mol. The van der Waals surface area contributed by atoms with E-state index in [1.165, 1.54) is 13.2 Å². The van der Waals surface area contributed by atoms with Crippen molar-refractivity contribution in [3.05, 3.63) is 100 Å². The first-order chi connectivity index (χ1) is 16.7. The molecule has 0 atom stereocenters. The molecule has 7 heteroatoms. The van der Waals surface area contributed by atoms with Gasteiger partial charge in [0.2, 0.25) is 0 Å². The second-order valence-corrected chi connectivity index (χ2v) is 9.18. The summed E-state index contributed by atoms with van der Waals surface area (Å²) in [5.41, 5.74) is 10.9. The van der Waals surface area contributed by atoms with Gasteiger partial charge in [-0.05, 0) is 55.3 Å². The molecular formula is C28H26ClN3O3. The fourth-order valence-electron chi connectivity index (χ4n) is 3.74. The number of esters is 1. The van der Waals surface area contributed by atoms with Crippen LogP contribution in [0, 0.1) is 0 Å². The Morgan fingerprint density at radius 1 is 1.09 bits per heavy atom. The molecule has 0 unspecified atom stereocenters. The van der Waals surface area contributed by atoms with Crippen LogP contribution in [0.5, 0.6) is 5.88 Å². The number of benzene rings is 3. The molecule has 0 spiro atoms. The number of nitrogens with two attached hydrogens (primary N) is 1. The molecule has 1 heterocycles. The number of aromatic hydroxyl groups is 1. The zero-order chi connectivity index (χ0) is 25.2. The van der Waals surface area contributed by atoms with Crippen LogP contribution in [-0.4, -0.2) is 28.9 Å². The second-order valence-electron chi connectivity index (χ2n) is 8.75. The Labute approximate surface area is 208 Å². The Hall–Kier alpha value is -3.87. The van der Waals surface area contributed by atoms with Gasteiger partial charge < -0.3 is 20.6 Å². The third-order valence-electron chi connectivity index (χ3n) is 5.63. The maximum Gasteiger partial charge on any atom is 0.330 e. The van der Waals surface area contributed by atoms with Crippen LogP contribution in [0.4, 0.5) is 5.69 Å². The van der Waals surface area contributed by atoms with Gasteiger partial charge in [-0.25, -0.2) is 9.79 Å². The lowest BCUT2D eigenvalue weighted by Crippen LogP contribution is -2.28. The third-order valence-corrected chi connectivity index (χ3v) is 5.86. The van der Waals surface area contributed by atoms with Crippen LogP contribution in [0.1, 0.15) is 36.1 Å². The van der Waals surface area contributed by atoms with Crippen LogP contribution in [-0.2, 0) is 15.1 Å². The average Bonchev–Trinajstić information content (AvgIpc) is 3.15. The van der Waals surface area contributed by atoms with Crippen LogP contribution in [0.3, 0.4) is 0 Å². The summed E-state index contributed by atoms with van der Waals surface area (Å²) in [6.45, 7) is 3.89. The summed E-state index contributed by atoms with van der Waals surface area (Å²) in [5, 5.41) is 12.2. The topological polar surface area (TPSA) is 101 Å². The Morgan fingerprint density at radius 3 is 2.40 bits per heavy atom. The number of nitrogens with zero attached hydrogens (tertiary/aromatic N) is 1. The van der Waals surface area contributed by atoms with E-state index in [-0.39, 0.29) is 5.88 Å². The molecule has 0 fully saturated rings. The van der Waals surface area contributed by atoms with Gasteiger partial charge in [0.05, 0.1) is 29.6 Å². The number of aliphatic imine (C=N–C) groups is 1. The van der Waals surface area contributed by atoms with Gasteiger partial charge in [-0.3, -0.25) is 0 Å². The summed E-state index contributed by atoms with van der Waals surface area (Å²) in [6, 6.07) is 20.6. The minimum absolute atomic E-state index is 0.00427. The number of ether oxygens (including phenoxy) is 1. The summed E-state index contributed by atoms with van der Waals surface area (Å²) < 4.78 is 4.65. The molecule has 35 heavy (non-hydrogen) atoms. The molecule has 6 nitrogen and oxygen atoms in total. The normalized spacial score (nSPS) is 12.4. The van der Waals surface area contributed by atoms with Gasteiger partial charge in [-0.2, -0.15) is 0 Å². The number of rotatable bonds is 6. The van der Waals surface area contributed by atoms with Crippen LogP contribution < -0.4 is 5.73 Å². The summed E-state index contributed by atoms with van der Waals surface area (Å²) >= 11 is 6.16. The number of aromatic amines is 1. The highest BCUT2D eigenvalue weighted by Crippen LogP contribution is 2.33. The lowest BCUT2D eigenvalue weighted by atomic mass is 9.95. The van der Waals surface area contributed by atoms with E-state index in [0.717, 1.165) is 22.1 Å². The highest BCUT2D eigenvalue weighted by atomic mass is 35.5. The number of carbonyl (C=O) groups excluding carboxylic acids is 1.